The normalized spacial score (nSPS) is 13.3. The highest BCUT2D eigenvalue weighted by Gasteiger charge is 2.23. The highest BCUT2D eigenvalue weighted by molar-refractivity contribution is 7.90. The fourth-order valence-corrected chi connectivity index (χ4v) is 5.29. The summed E-state index contributed by atoms with van der Waals surface area (Å²) in [6.07, 6.45) is 2.30. The van der Waals surface area contributed by atoms with Crippen molar-refractivity contribution < 1.29 is 21.2 Å². The van der Waals surface area contributed by atoms with Gasteiger partial charge in [-0.2, -0.15) is 0 Å². The molecule has 2 aromatic carbocycles. The van der Waals surface area contributed by atoms with Crippen LogP contribution in [0.2, 0.25) is 5.15 Å². The third kappa shape index (κ3) is 4.60. The number of rotatable bonds is 7. The Morgan fingerprint density at radius 2 is 1.81 bits per heavy atom. The quantitative estimate of drug-likeness (QED) is 0.536. The first-order chi connectivity index (χ1) is 14.9. The monoisotopic (exact) mass is 499 g/mol. The van der Waals surface area contributed by atoms with Crippen molar-refractivity contribution in [3.63, 3.8) is 0 Å². The molecule has 0 bridgehead atoms. The molecule has 1 heterocycles. The largest absolute Gasteiger partial charge is 0.327 e. The van der Waals surface area contributed by atoms with Gasteiger partial charge >= 0.3 is 0 Å². The Bertz CT molecular complexity index is 1430. The molecular formula is C21H23ClFN3O4S2. The van der Waals surface area contributed by atoms with Crippen molar-refractivity contribution in [1.82, 2.24) is 8.87 Å². The van der Waals surface area contributed by atoms with E-state index in [1.165, 1.54) is 49.0 Å². The zero-order valence-corrected chi connectivity index (χ0v) is 20.1. The molecule has 172 valence electrons. The Morgan fingerprint density at radius 1 is 1.12 bits per heavy atom. The minimum Gasteiger partial charge on any atom is -0.327 e. The van der Waals surface area contributed by atoms with Gasteiger partial charge in [0.2, 0.25) is 10.0 Å². The molecule has 0 fully saturated rings. The van der Waals surface area contributed by atoms with Crippen LogP contribution in [0.15, 0.2) is 64.2 Å². The second-order valence-electron chi connectivity index (χ2n) is 7.41. The number of halogens is 2. The summed E-state index contributed by atoms with van der Waals surface area (Å²) >= 11 is 6.66. The maximum atomic E-state index is 14.3. The number of hydrogen-bond acceptors (Lipinski definition) is 5. The van der Waals surface area contributed by atoms with Crippen LogP contribution in [0.25, 0.3) is 22.0 Å². The maximum absolute atomic E-state index is 14.3. The molecule has 11 heteroatoms. The van der Waals surface area contributed by atoms with Crippen molar-refractivity contribution in [3.05, 3.63) is 59.5 Å². The Kier molecular flexibility index (Phi) is 6.83. The predicted molar refractivity (Wildman–Crippen MR) is 125 cm³/mol. The van der Waals surface area contributed by atoms with Crippen molar-refractivity contribution >= 4 is 42.4 Å². The molecule has 0 aliphatic rings. The van der Waals surface area contributed by atoms with Gasteiger partial charge in [0.25, 0.3) is 0 Å². The zero-order chi connectivity index (χ0) is 23.8. The molecule has 3 rings (SSSR count). The highest BCUT2D eigenvalue weighted by Crippen LogP contribution is 2.40. The number of allylic oxidation sites excluding steroid dienone is 1. The summed E-state index contributed by atoms with van der Waals surface area (Å²) in [7, 11) is -4.40. The van der Waals surface area contributed by atoms with Gasteiger partial charge in [-0.1, -0.05) is 23.7 Å². The van der Waals surface area contributed by atoms with Crippen LogP contribution in [-0.2, 0) is 26.4 Å². The molecule has 3 aromatic rings. The first-order valence-electron chi connectivity index (χ1n) is 9.47. The number of sulfone groups is 1. The number of sulfonamides is 1. The van der Waals surface area contributed by atoms with Crippen molar-refractivity contribution in [3.8, 4) is 11.1 Å². The fraction of sp³-hybridized carbons (Fsp3) is 0.238. The molecule has 7 nitrogen and oxygen atoms in total. The van der Waals surface area contributed by atoms with E-state index in [0.717, 1.165) is 10.6 Å². The van der Waals surface area contributed by atoms with Gasteiger partial charge in [0.1, 0.15) is 11.0 Å². The smallest absolute Gasteiger partial charge is 0.242 e. The Balaban J connectivity index is 2.35. The number of fused-ring (bicyclic) bond motifs is 1. The average molecular weight is 500 g/mol. The van der Waals surface area contributed by atoms with E-state index in [9.17, 15) is 21.2 Å². The Morgan fingerprint density at radius 3 is 2.41 bits per heavy atom. The Hall–Kier alpha value is -2.24. The summed E-state index contributed by atoms with van der Waals surface area (Å²) in [4.78, 5) is 0.112. The van der Waals surface area contributed by atoms with Gasteiger partial charge in [-0.05, 0) is 42.0 Å². The summed E-state index contributed by atoms with van der Waals surface area (Å²) in [6, 6.07) is 10.6. The second-order valence-corrected chi connectivity index (χ2v) is 11.9. The minimum atomic E-state index is -3.72. The number of nitrogens with two attached hydrogens (primary N) is 1. The number of hydrogen-bond donors (Lipinski definition) is 1. The number of aromatic nitrogens is 1. The van der Waals surface area contributed by atoms with Crippen molar-refractivity contribution in [1.29, 1.82) is 0 Å². The molecule has 1 aromatic heterocycles. The SMILES string of the molecule is CN(C)S(=O)(=O)c1cccc(-c2c(Cl)n(CC(F)=CCN)c3ccc(S(C)(=O)=O)cc23)c1. The van der Waals surface area contributed by atoms with E-state index in [0.29, 0.717) is 22.0 Å². The molecule has 2 N–H and O–H groups in total. The second kappa shape index (κ2) is 8.95. The number of nitrogens with zero attached hydrogens (tertiary/aromatic N) is 2. The van der Waals surface area contributed by atoms with E-state index >= 15 is 0 Å². The van der Waals surface area contributed by atoms with Crippen molar-refractivity contribution in [2.24, 2.45) is 5.73 Å². The first kappa shape index (κ1) is 24.4. The van der Waals surface area contributed by atoms with E-state index in [4.69, 9.17) is 17.3 Å². The van der Waals surface area contributed by atoms with Crippen LogP contribution in [-0.4, -0.2) is 52.6 Å². The molecule has 0 aliphatic carbocycles. The fourth-order valence-electron chi connectivity index (χ4n) is 3.33. The van der Waals surface area contributed by atoms with Gasteiger partial charge in [0, 0.05) is 37.8 Å². The molecular weight excluding hydrogens is 477 g/mol. The lowest BCUT2D eigenvalue weighted by molar-refractivity contribution is 0.521. The molecule has 0 saturated heterocycles. The van der Waals surface area contributed by atoms with E-state index < -0.39 is 25.7 Å². The topological polar surface area (TPSA) is 102 Å². The highest BCUT2D eigenvalue weighted by atomic mass is 35.5. The lowest BCUT2D eigenvalue weighted by Gasteiger charge is -2.12. The summed E-state index contributed by atoms with van der Waals surface area (Å²) in [5.41, 5.74) is 6.75. The predicted octanol–water partition coefficient (Wildman–Crippen LogP) is 3.43. The van der Waals surface area contributed by atoms with E-state index in [-0.39, 0.29) is 28.0 Å². The van der Waals surface area contributed by atoms with Crippen molar-refractivity contribution in [2.45, 2.75) is 16.3 Å². The van der Waals surface area contributed by atoms with Gasteiger partial charge in [0.05, 0.1) is 21.9 Å². The van der Waals surface area contributed by atoms with Crippen LogP contribution in [0.4, 0.5) is 4.39 Å². The van der Waals surface area contributed by atoms with E-state index in [1.807, 2.05) is 0 Å². The average Bonchev–Trinajstić information content (AvgIpc) is 2.98. The molecule has 32 heavy (non-hydrogen) atoms. The first-order valence-corrected chi connectivity index (χ1v) is 13.2. The van der Waals surface area contributed by atoms with E-state index in [1.54, 1.807) is 18.2 Å². The molecule has 0 aliphatic heterocycles. The molecule has 0 saturated carbocycles. The summed E-state index contributed by atoms with van der Waals surface area (Å²) in [5, 5.41) is 0.600. The molecule has 0 spiro atoms. The Labute approximate surface area is 191 Å². The van der Waals surface area contributed by atoms with Gasteiger partial charge in [-0.25, -0.2) is 25.5 Å². The van der Waals surface area contributed by atoms with Gasteiger partial charge in [0.15, 0.2) is 9.84 Å². The zero-order valence-electron chi connectivity index (χ0n) is 17.7. The third-order valence-electron chi connectivity index (χ3n) is 4.95. The summed E-state index contributed by atoms with van der Waals surface area (Å²) in [6.45, 7) is -0.196. The minimum absolute atomic E-state index is 0.0121. The van der Waals surface area contributed by atoms with Crippen LogP contribution < -0.4 is 5.73 Å². The summed E-state index contributed by atoms with van der Waals surface area (Å²) < 4.78 is 66.4. The molecule has 0 unspecified atom stereocenters. The summed E-state index contributed by atoms with van der Waals surface area (Å²) in [5.74, 6) is -0.506. The van der Waals surface area contributed by atoms with Gasteiger partial charge in [-0.15, -0.1) is 0 Å². The lowest BCUT2D eigenvalue weighted by atomic mass is 10.1. The van der Waals surface area contributed by atoms with E-state index in [2.05, 4.69) is 0 Å². The number of benzene rings is 2. The molecule has 0 radical (unpaired) electrons. The maximum Gasteiger partial charge on any atom is 0.242 e. The lowest BCUT2D eigenvalue weighted by Crippen LogP contribution is -2.22. The molecule has 0 amide bonds. The van der Waals surface area contributed by atoms with Crippen molar-refractivity contribution in [2.75, 3.05) is 26.9 Å². The van der Waals surface area contributed by atoms with Crippen LogP contribution in [0, 0.1) is 0 Å². The van der Waals surface area contributed by atoms with Crippen LogP contribution in [0.3, 0.4) is 0 Å². The van der Waals surface area contributed by atoms with Crippen LogP contribution >= 0.6 is 11.6 Å². The third-order valence-corrected chi connectivity index (χ3v) is 8.26. The van der Waals surface area contributed by atoms with Gasteiger partial charge in [-0.3, -0.25) is 0 Å². The van der Waals surface area contributed by atoms with Crippen LogP contribution in [0.5, 0.6) is 0 Å². The van der Waals surface area contributed by atoms with Gasteiger partial charge < -0.3 is 10.3 Å². The van der Waals surface area contributed by atoms with Crippen LogP contribution in [0.1, 0.15) is 0 Å². The molecule has 0 atom stereocenters. The standard InChI is InChI=1S/C21H23ClFN3O4S2/c1-25(2)32(29,30)17-6-4-5-14(11-17)20-18-12-16(31(3,27)28)7-8-19(18)26(21(20)22)13-15(23)9-10-24/h4-9,11-12H,10,13,24H2,1-3H3.